The Labute approximate surface area is 142 Å². The summed E-state index contributed by atoms with van der Waals surface area (Å²) in [5, 5.41) is 0. The molecule has 3 heterocycles. The van der Waals surface area contributed by atoms with Crippen molar-refractivity contribution in [1.29, 1.82) is 0 Å². The van der Waals surface area contributed by atoms with Gasteiger partial charge in [0.2, 0.25) is 11.7 Å². The molecule has 6 N–H and O–H groups in total. The van der Waals surface area contributed by atoms with Gasteiger partial charge in [0.25, 0.3) is 0 Å². The predicted octanol–water partition coefficient (Wildman–Crippen LogP) is -0.506. The minimum Gasteiger partial charge on any atom is -0.369 e. The highest BCUT2D eigenvalue weighted by atomic mass is 15.6. The molecule has 0 radical (unpaired) electrons. The second-order valence-electron chi connectivity index (χ2n) is 7.15. The molecule has 1 aliphatic carbocycles. The molecule has 0 aromatic carbocycles. The monoisotopic (exact) mass is 330 g/mol. The first-order chi connectivity index (χ1) is 11.5. The van der Waals surface area contributed by atoms with Crippen molar-refractivity contribution in [2.75, 3.05) is 31.1 Å². The second-order valence-corrected chi connectivity index (χ2v) is 7.15. The lowest BCUT2D eigenvalue weighted by Crippen LogP contribution is -2.52. The average Bonchev–Trinajstić information content (AvgIpc) is 3.32. The molecule has 0 amide bonds. The highest BCUT2D eigenvalue weighted by Crippen LogP contribution is 2.31. The Hall–Kier alpha value is -1.90. The number of nitrogens with two attached hydrogens (primary N) is 2. The third-order valence-corrected chi connectivity index (χ3v) is 5.14. The summed E-state index contributed by atoms with van der Waals surface area (Å²) in [5.41, 5.74) is 18.2. The van der Waals surface area contributed by atoms with Gasteiger partial charge in [0.1, 0.15) is 5.82 Å². The van der Waals surface area contributed by atoms with E-state index in [-0.39, 0.29) is 5.96 Å². The lowest BCUT2D eigenvalue weighted by Gasteiger charge is -2.40. The number of pyridine rings is 1. The SMILES string of the molecule is C[C@H]1CN(c2ccc(C3(N)N=C(N)NN3)cn2)CCN1CC1CC1. The van der Waals surface area contributed by atoms with Gasteiger partial charge in [0, 0.05) is 44.0 Å². The summed E-state index contributed by atoms with van der Waals surface area (Å²) < 4.78 is 0. The van der Waals surface area contributed by atoms with Gasteiger partial charge in [-0.15, -0.1) is 0 Å². The second kappa shape index (κ2) is 5.87. The maximum atomic E-state index is 6.19. The van der Waals surface area contributed by atoms with E-state index in [0.29, 0.717) is 6.04 Å². The number of hydrogen-bond donors (Lipinski definition) is 4. The van der Waals surface area contributed by atoms with Crippen LogP contribution in [0.15, 0.2) is 23.3 Å². The van der Waals surface area contributed by atoms with E-state index >= 15 is 0 Å². The fourth-order valence-corrected chi connectivity index (χ4v) is 3.45. The minimum absolute atomic E-state index is 0.280. The summed E-state index contributed by atoms with van der Waals surface area (Å²) in [6.07, 6.45) is 4.59. The molecule has 1 aromatic rings. The van der Waals surface area contributed by atoms with E-state index in [1.165, 1.54) is 19.4 Å². The molecule has 130 valence electrons. The Kier molecular flexibility index (Phi) is 3.82. The lowest BCUT2D eigenvalue weighted by molar-refractivity contribution is 0.181. The molecule has 3 aliphatic rings. The number of hydrogen-bond acceptors (Lipinski definition) is 8. The molecule has 0 bridgehead atoms. The van der Waals surface area contributed by atoms with Crippen molar-refractivity contribution in [3.63, 3.8) is 0 Å². The first-order valence-electron chi connectivity index (χ1n) is 8.66. The molecule has 1 saturated heterocycles. The number of aromatic nitrogens is 1. The molecule has 0 spiro atoms. The van der Waals surface area contributed by atoms with Gasteiger partial charge < -0.3 is 10.6 Å². The van der Waals surface area contributed by atoms with Crippen molar-refractivity contribution in [3.05, 3.63) is 23.9 Å². The number of guanidine groups is 1. The average molecular weight is 330 g/mol. The van der Waals surface area contributed by atoms with Crippen LogP contribution in [0.2, 0.25) is 0 Å². The van der Waals surface area contributed by atoms with Crippen molar-refractivity contribution in [2.45, 2.75) is 31.6 Å². The molecule has 1 aromatic heterocycles. The number of nitrogens with one attached hydrogen (secondary N) is 2. The molecular weight excluding hydrogens is 304 g/mol. The maximum Gasteiger partial charge on any atom is 0.210 e. The van der Waals surface area contributed by atoms with Gasteiger partial charge in [-0.25, -0.2) is 9.98 Å². The van der Waals surface area contributed by atoms with Crippen LogP contribution in [0.4, 0.5) is 5.82 Å². The zero-order chi connectivity index (χ0) is 16.7. The summed E-state index contributed by atoms with van der Waals surface area (Å²) in [5.74, 6) is 1.16. The van der Waals surface area contributed by atoms with E-state index in [1.807, 2.05) is 12.1 Å². The Balaban J connectivity index is 1.42. The van der Waals surface area contributed by atoms with Crippen LogP contribution in [0.5, 0.6) is 0 Å². The van der Waals surface area contributed by atoms with E-state index < -0.39 is 5.79 Å². The van der Waals surface area contributed by atoms with Crippen LogP contribution in [0.1, 0.15) is 25.3 Å². The zero-order valence-electron chi connectivity index (χ0n) is 14.1. The smallest absolute Gasteiger partial charge is 0.210 e. The fourth-order valence-electron chi connectivity index (χ4n) is 3.45. The predicted molar refractivity (Wildman–Crippen MR) is 94.0 cm³/mol. The van der Waals surface area contributed by atoms with Gasteiger partial charge in [-0.1, -0.05) is 0 Å². The summed E-state index contributed by atoms with van der Waals surface area (Å²) in [6, 6.07) is 4.53. The number of anilines is 1. The molecular formula is C16H26N8. The third kappa shape index (κ3) is 3.04. The first-order valence-corrected chi connectivity index (χ1v) is 8.66. The zero-order valence-corrected chi connectivity index (χ0v) is 14.1. The van der Waals surface area contributed by atoms with Crippen LogP contribution in [0.25, 0.3) is 0 Å². The minimum atomic E-state index is -1.05. The Morgan fingerprint density at radius 3 is 2.75 bits per heavy atom. The number of rotatable bonds is 4. The molecule has 2 atom stereocenters. The molecule has 2 aliphatic heterocycles. The van der Waals surface area contributed by atoms with Gasteiger partial charge in [0.05, 0.1) is 0 Å². The molecule has 8 nitrogen and oxygen atoms in total. The van der Waals surface area contributed by atoms with Crippen molar-refractivity contribution in [2.24, 2.45) is 22.4 Å². The highest BCUT2D eigenvalue weighted by Gasteiger charge is 2.33. The summed E-state index contributed by atoms with van der Waals surface area (Å²) >= 11 is 0. The molecule has 4 rings (SSSR count). The van der Waals surface area contributed by atoms with Gasteiger partial charge in [-0.05, 0) is 37.8 Å². The molecule has 24 heavy (non-hydrogen) atoms. The van der Waals surface area contributed by atoms with Crippen LogP contribution in [0.3, 0.4) is 0 Å². The summed E-state index contributed by atoms with van der Waals surface area (Å²) in [7, 11) is 0. The summed E-state index contributed by atoms with van der Waals surface area (Å²) in [6.45, 7) is 6.70. The number of hydrazine groups is 1. The third-order valence-electron chi connectivity index (χ3n) is 5.14. The number of nitrogens with zero attached hydrogens (tertiary/aromatic N) is 4. The van der Waals surface area contributed by atoms with E-state index in [4.69, 9.17) is 11.5 Å². The Morgan fingerprint density at radius 2 is 2.17 bits per heavy atom. The Bertz CT molecular complexity index is 625. The number of piperazine rings is 1. The van der Waals surface area contributed by atoms with Crippen LogP contribution in [-0.4, -0.2) is 48.1 Å². The number of aliphatic imine (C=N–C) groups is 1. The van der Waals surface area contributed by atoms with Crippen molar-refractivity contribution in [3.8, 4) is 0 Å². The van der Waals surface area contributed by atoms with Crippen molar-refractivity contribution >= 4 is 11.8 Å². The van der Waals surface area contributed by atoms with Crippen LogP contribution >= 0.6 is 0 Å². The van der Waals surface area contributed by atoms with Crippen LogP contribution in [0, 0.1) is 5.92 Å². The van der Waals surface area contributed by atoms with Crippen LogP contribution < -0.4 is 27.2 Å². The Morgan fingerprint density at radius 1 is 1.33 bits per heavy atom. The fraction of sp³-hybridized carbons (Fsp3) is 0.625. The van der Waals surface area contributed by atoms with E-state index in [1.54, 1.807) is 6.20 Å². The summed E-state index contributed by atoms with van der Waals surface area (Å²) in [4.78, 5) is 13.7. The van der Waals surface area contributed by atoms with Gasteiger partial charge in [-0.2, -0.15) is 5.43 Å². The molecule has 1 saturated carbocycles. The van der Waals surface area contributed by atoms with Gasteiger partial charge in [0.15, 0.2) is 0 Å². The van der Waals surface area contributed by atoms with Gasteiger partial charge in [-0.3, -0.25) is 16.1 Å². The largest absolute Gasteiger partial charge is 0.369 e. The molecule has 2 fully saturated rings. The normalized spacial score (nSPS) is 31.0. The van der Waals surface area contributed by atoms with Crippen molar-refractivity contribution in [1.82, 2.24) is 20.7 Å². The van der Waals surface area contributed by atoms with E-state index in [9.17, 15) is 0 Å². The topological polar surface area (TPSA) is 108 Å². The van der Waals surface area contributed by atoms with Gasteiger partial charge >= 0.3 is 0 Å². The van der Waals surface area contributed by atoms with Crippen molar-refractivity contribution < 1.29 is 0 Å². The standard InChI is InChI=1S/C16H26N8/c1-11-9-24(7-6-23(11)10-12-2-3-12)14-5-4-13(8-19-14)16(18)20-15(17)21-22-16/h4-5,8,11-12,22H,2-3,6-7,9-10,18H2,1H3,(H3,17,20,21)/t11-,16?/m0/s1. The molecule has 1 unspecified atom stereocenters. The molecule has 8 heteroatoms. The van der Waals surface area contributed by atoms with E-state index in [0.717, 1.165) is 36.9 Å². The lowest BCUT2D eigenvalue weighted by atomic mass is 10.1. The van der Waals surface area contributed by atoms with Crippen LogP contribution in [-0.2, 0) is 5.79 Å². The van der Waals surface area contributed by atoms with E-state index in [2.05, 4.69) is 37.6 Å². The first kappa shape index (κ1) is 15.6. The maximum absolute atomic E-state index is 6.19. The quantitative estimate of drug-likeness (QED) is 0.589. The highest BCUT2D eigenvalue weighted by molar-refractivity contribution is 5.79.